The Hall–Kier alpha value is -3.35. The van der Waals surface area contributed by atoms with E-state index in [-0.39, 0.29) is 19.4 Å². The topological polar surface area (TPSA) is 105 Å². The maximum absolute atomic E-state index is 11.6. The van der Waals surface area contributed by atoms with Crippen molar-refractivity contribution in [1.82, 2.24) is 10.9 Å². The van der Waals surface area contributed by atoms with Crippen molar-refractivity contribution >= 4 is 17.8 Å². The number of rotatable bonds is 7. The number of ether oxygens (including phenoxy) is 1. The Morgan fingerprint density at radius 2 is 1.40 bits per heavy atom. The van der Waals surface area contributed by atoms with Crippen LogP contribution in [-0.2, 0) is 14.4 Å². The molecule has 2 aromatic carbocycles. The average molecular weight is 342 g/mol. The van der Waals surface area contributed by atoms with Crippen LogP contribution in [0, 0.1) is 0 Å². The minimum Gasteiger partial charge on any atom is -0.484 e. The Labute approximate surface area is 144 Å². The third kappa shape index (κ3) is 6.34. The van der Waals surface area contributed by atoms with Crippen LogP contribution < -0.4 is 15.6 Å². The predicted octanol–water partition coefficient (Wildman–Crippen LogP) is 1.74. The summed E-state index contributed by atoms with van der Waals surface area (Å²) in [4.78, 5) is 33.2. The maximum Gasteiger partial charge on any atom is 0.303 e. The maximum atomic E-state index is 11.6. The van der Waals surface area contributed by atoms with E-state index in [1.54, 1.807) is 12.1 Å². The first-order valence-electron chi connectivity index (χ1n) is 7.62. The van der Waals surface area contributed by atoms with Crippen molar-refractivity contribution < 1.29 is 24.2 Å². The minimum atomic E-state index is -1.08. The number of carboxylic acids is 1. The number of carboxylic acid groups (broad SMARTS) is 1. The molecule has 0 bridgehead atoms. The molecule has 3 N–H and O–H groups in total. The molecular formula is C18H18N2O5. The molecular weight excluding hydrogens is 324 g/mol. The molecule has 2 amide bonds. The van der Waals surface area contributed by atoms with Crippen LogP contribution in [0.3, 0.4) is 0 Å². The highest BCUT2D eigenvalue weighted by Gasteiger charge is 2.07. The number of carbonyl (C=O) groups is 3. The lowest BCUT2D eigenvalue weighted by molar-refractivity contribution is -0.139. The molecule has 0 fully saturated rings. The van der Waals surface area contributed by atoms with E-state index in [0.29, 0.717) is 5.75 Å². The summed E-state index contributed by atoms with van der Waals surface area (Å²) in [5.74, 6) is -1.69. The number of hydrazine groups is 1. The molecule has 0 radical (unpaired) electrons. The van der Waals surface area contributed by atoms with Gasteiger partial charge in [0.05, 0.1) is 6.42 Å². The fourth-order valence-electron chi connectivity index (χ4n) is 1.98. The molecule has 0 atom stereocenters. The molecule has 2 rings (SSSR count). The first-order valence-corrected chi connectivity index (χ1v) is 7.62. The molecule has 0 saturated carbocycles. The van der Waals surface area contributed by atoms with Crippen molar-refractivity contribution in [3.8, 4) is 16.9 Å². The van der Waals surface area contributed by atoms with E-state index < -0.39 is 17.8 Å². The summed E-state index contributed by atoms with van der Waals surface area (Å²) in [5.41, 5.74) is 6.39. The summed E-state index contributed by atoms with van der Waals surface area (Å²) in [7, 11) is 0. The second-order valence-electron chi connectivity index (χ2n) is 5.17. The normalized spacial score (nSPS) is 9.92. The third-order valence-electron chi connectivity index (χ3n) is 3.24. The Bertz CT molecular complexity index is 729. The van der Waals surface area contributed by atoms with Gasteiger partial charge in [0, 0.05) is 6.42 Å². The highest BCUT2D eigenvalue weighted by Crippen LogP contribution is 2.21. The van der Waals surface area contributed by atoms with Crippen LogP contribution in [-0.4, -0.2) is 29.5 Å². The van der Waals surface area contributed by atoms with Crippen LogP contribution >= 0.6 is 0 Å². The van der Waals surface area contributed by atoms with Gasteiger partial charge in [0.15, 0.2) is 6.61 Å². The average Bonchev–Trinajstić information content (AvgIpc) is 2.64. The number of hydrogen-bond acceptors (Lipinski definition) is 4. The van der Waals surface area contributed by atoms with Gasteiger partial charge in [0.2, 0.25) is 5.91 Å². The zero-order chi connectivity index (χ0) is 18.1. The van der Waals surface area contributed by atoms with Gasteiger partial charge in [-0.3, -0.25) is 25.2 Å². The number of aliphatic carboxylic acids is 1. The summed E-state index contributed by atoms with van der Waals surface area (Å²) in [6.07, 6.45) is -0.511. The van der Waals surface area contributed by atoms with E-state index in [9.17, 15) is 14.4 Å². The second-order valence-corrected chi connectivity index (χ2v) is 5.17. The van der Waals surface area contributed by atoms with E-state index in [1.165, 1.54) is 0 Å². The monoisotopic (exact) mass is 342 g/mol. The van der Waals surface area contributed by atoms with Gasteiger partial charge < -0.3 is 9.84 Å². The van der Waals surface area contributed by atoms with Crippen LogP contribution in [0.15, 0.2) is 54.6 Å². The number of nitrogens with one attached hydrogen (secondary N) is 2. The zero-order valence-corrected chi connectivity index (χ0v) is 13.4. The van der Waals surface area contributed by atoms with Crippen LogP contribution in [0.4, 0.5) is 0 Å². The highest BCUT2D eigenvalue weighted by atomic mass is 16.5. The van der Waals surface area contributed by atoms with Gasteiger partial charge in [-0.2, -0.15) is 0 Å². The Kier molecular flexibility index (Phi) is 6.53. The lowest BCUT2D eigenvalue weighted by atomic mass is 10.1. The molecule has 0 saturated heterocycles. The number of amides is 2. The molecule has 7 nitrogen and oxygen atoms in total. The van der Waals surface area contributed by atoms with Crippen molar-refractivity contribution in [3.05, 3.63) is 54.6 Å². The van der Waals surface area contributed by atoms with Crippen molar-refractivity contribution in [2.24, 2.45) is 0 Å². The first kappa shape index (κ1) is 18.0. The van der Waals surface area contributed by atoms with Crippen LogP contribution in [0.5, 0.6) is 5.75 Å². The Morgan fingerprint density at radius 3 is 2.04 bits per heavy atom. The lowest BCUT2D eigenvalue weighted by Gasteiger charge is -2.09. The van der Waals surface area contributed by atoms with E-state index in [4.69, 9.17) is 9.84 Å². The standard InChI is InChI=1S/C18H18N2O5/c21-16(10-11-18(23)24)19-20-17(22)12-25-15-8-6-14(7-9-15)13-4-2-1-3-5-13/h1-9H,10-12H2,(H,19,21)(H,20,22)(H,23,24). The lowest BCUT2D eigenvalue weighted by Crippen LogP contribution is -2.43. The minimum absolute atomic E-state index is 0.211. The van der Waals surface area contributed by atoms with E-state index in [2.05, 4.69) is 10.9 Å². The first-order chi connectivity index (χ1) is 12.0. The Balaban J connectivity index is 1.74. The highest BCUT2D eigenvalue weighted by molar-refractivity contribution is 5.84. The quantitative estimate of drug-likeness (QED) is 0.665. The van der Waals surface area contributed by atoms with Crippen molar-refractivity contribution in [2.75, 3.05) is 6.61 Å². The van der Waals surface area contributed by atoms with Gasteiger partial charge in [0.25, 0.3) is 5.91 Å². The fourth-order valence-corrected chi connectivity index (χ4v) is 1.98. The summed E-state index contributed by atoms with van der Waals surface area (Å²) in [6.45, 7) is -0.274. The number of carbonyl (C=O) groups excluding carboxylic acids is 2. The van der Waals surface area contributed by atoms with Crippen molar-refractivity contribution in [3.63, 3.8) is 0 Å². The van der Waals surface area contributed by atoms with Gasteiger partial charge in [-0.05, 0) is 23.3 Å². The summed E-state index contributed by atoms with van der Waals surface area (Å²) in [6, 6.07) is 17.1. The molecule has 25 heavy (non-hydrogen) atoms. The molecule has 0 spiro atoms. The molecule has 0 aliphatic heterocycles. The summed E-state index contributed by atoms with van der Waals surface area (Å²) in [5, 5.41) is 8.45. The second kappa shape index (κ2) is 9.07. The van der Waals surface area contributed by atoms with E-state index >= 15 is 0 Å². The van der Waals surface area contributed by atoms with Crippen LogP contribution in [0.25, 0.3) is 11.1 Å². The number of hydrogen-bond donors (Lipinski definition) is 3. The van der Waals surface area contributed by atoms with Crippen molar-refractivity contribution in [2.45, 2.75) is 12.8 Å². The number of benzene rings is 2. The zero-order valence-electron chi connectivity index (χ0n) is 13.4. The van der Waals surface area contributed by atoms with Crippen LogP contribution in [0.1, 0.15) is 12.8 Å². The van der Waals surface area contributed by atoms with Gasteiger partial charge in [0.1, 0.15) is 5.75 Å². The van der Waals surface area contributed by atoms with Gasteiger partial charge in [-0.15, -0.1) is 0 Å². The molecule has 0 heterocycles. The van der Waals surface area contributed by atoms with E-state index in [1.807, 2.05) is 42.5 Å². The summed E-state index contributed by atoms with van der Waals surface area (Å²) >= 11 is 0. The fraction of sp³-hybridized carbons (Fsp3) is 0.167. The van der Waals surface area contributed by atoms with Crippen molar-refractivity contribution in [1.29, 1.82) is 0 Å². The van der Waals surface area contributed by atoms with E-state index in [0.717, 1.165) is 11.1 Å². The van der Waals surface area contributed by atoms with Gasteiger partial charge >= 0.3 is 5.97 Å². The smallest absolute Gasteiger partial charge is 0.303 e. The predicted molar refractivity (Wildman–Crippen MR) is 90.5 cm³/mol. The van der Waals surface area contributed by atoms with Gasteiger partial charge in [-0.25, -0.2) is 0 Å². The van der Waals surface area contributed by atoms with Crippen LogP contribution in [0.2, 0.25) is 0 Å². The molecule has 130 valence electrons. The third-order valence-corrected chi connectivity index (χ3v) is 3.24. The molecule has 0 aliphatic carbocycles. The SMILES string of the molecule is O=C(O)CCC(=O)NNC(=O)COc1ccc(-c2ccccc2)cc1. The Morgan fingerprint density at radius 1 is 0.800 bits per heavy atom. The largest absolute Gasteiger partial charge is 0.484 e. The van der Waals surface area contributed by atoms with Gasteiger partial charge in [-0.1, -0.05) is 42.5 Å². The molecule has 7 heteroatoms. The molecule has 2 aromatic rings. The summed E-state index contributed by atoms with van der Waals surface area (Å²) < 4.78 is 5.33. The molecule has 0 unspecified atom stereocenters. The molecule has 0 aliphatic rings. The molecule has 0 aromatic heterocycles.